The second-order valence-corrected chi connectivity index (χ2v) is 7.69. The molecular weight excluding hydrogens is 318 g/mol. The maximum Gasteiger partial charge on any atom is 0.0731 e. The maximum absolute atomic E-state index is 3.63. The van der Waals surface area contributed by atoms with Crippen LogP contribution in [0.4, 0.5) is 0 Å². The molecule has 3 atom stereocenters. The zero-order valence-electron chi connectivity index (χ0n) is 11.2. The van der Waals surface area contributed by atoms with Gasteiger partial charge < -0.3 is 5.32 Å². The zero-order valence-corrected chi connectivity index (χ0v) is 13.6. The van der Waals surface area contributed by atoms with Gasteiger partial charge in [-0.1, -0.05) is 30.3 Å². The van der Waals surface area contributed by atoms with E-state index in [1.54, 1.807) is 0 Å². The summed E-state index contributed by atoms with van der Waals surface area (Å²) in [6, 6.07) is 13.7. The number of halogens is 1. The molecule has 2 aromatic rings. The van der Waals surface area contributed by atoms with Crippen LogP contribution in [-0.4, -0.2) is 7.05 Å². The van der Waals surface area contributed by atoms with Gasteiger partial charge in [0.2, 0.25) is 0 Å². The van der Waals surface area contributed by atoms with E-state index >= 15 is 0 Å². The SMILES string of the molecule is CNC(c1cc(C)c(Br)s1)C1CC1c1ccccc1. The molecule has 1 saturated carbocycles. The van der Waals surface area contributed by atoms with Crippen LogP contribution >= 0.6 is 27.3 Å². The average molecular weight is 336 g/mol. The van der Waals surface area contributed by atoms with E-state index in [0.29, 0.717) is 6.04 Å². The molecule has 1 N–H and O–H groups in total. The van der Waals surface area contributed by atoms with Crippen molar-refractivity contribution >= 4 is 27.3 Å². The molecule has 0 bridgehead atoms. The fraction of sp³-hybridized carbons (Fsp3) is 0.375. The van der Waals surface area contributed by atoms with E-state index in [1.807, 2.05) is 11.3 Å². The van der Waals surface area contributed by atoms with Gasteiger partial charge in [-0.15, -0.1) is 11.3 Å². The van der Waals surface area contributed by atoms with Crippen molar-refractivity contribution in [3.05, 3.63) is 56.2 Å². The average Bonchev–Trinajstić information content (AvgIpc) is 3.13. The largest absolute Gasteiger partial charge is 0.312 e. The molecule has 1 fully saturated rings. The first-order chi connectivity index (χ1) is 9.20. The Bertz CT molecular complexity index is 544. The van der Waals surface area contributed by atoms with Gasteiger partial charge in [0.15, 0.2) is 0 Å². The number of aryl methyl sites for hydroxylation is 1. The summed E-state index contributed by atoms with van der Waals surface area (Å²) in [6.45, 7) is 2.17. The molecule has 1 aliphatic rings. The van der Waals surface area contributed by atoms with E-state index in [4.69, 9.17) is 0 Å². The summed E-state index contributed by atoms with van der Waals surface area (Å²) < 4.78 is 1.26. The quantitative estimate of drug-likeness (QED) is 0.839. The Morgan fingerprint density at radius 1 is 1.32 bits per heavy atom. The van der Waals surface area contributed by atoms with Crippen LogP contribution < -0.4 is 5.32 Å². The molecule has 100 valence electrons. The van der Waals surface area contributed by atoms with Crippen molar-refractivity contribution in [1.82, 2.24) is 5.32 Å². The molecule has 0 radical (unpaired) electrons. The van der Waals surface area contributed by atoms with Crippen LogP contribution in [-0.2, 0) is 0 Å². The Labute approximate surface area is 127 Å². The lowest BCUT2D eigenvalue weighted by atomic mass is 10.0. The highest BCUT2D eigenvalue weighted by atomic mass is 79.9. The van der Waals surface area contributed by atoms with Crippen molar-refractivity contribution < 1.29 is 0 Å². The lowest BCUT2D eigenvalue weighted by Crippen LogP contribution is -2.17. The highest BCUT2D eigenvalue weighted by molar-refractivity contribution is 9.11. The summed E-state index contributed by atoms with van der Waals surface area (Å²) in [5, 5.41) is 3.51. The molecule has 0 aliphatic heterocycles. The summed E-state index contributed by atoms with van der Waals surface area (Å²) in [7, 11) is 2.08. The Hall–Kier alpha value is -0.640. The Balaban J connectivity index is 1.78. The Morgan fingerprint density at radius 3 is 2.63 bits per heavy atom. The van der Waals surface area contributed by atoms with E-state index in [2.05, 4.69) is 71.6 Å². The minimum absolute atomic E-state index is 0.486. The van der Waals surface area contributed by atoms with Crippen LogP contribution in [0, 0.1) is 12.8 Å². The highest BCUT2D eigenvalue weighted by Crippen LogP contribution is 2.55. The summed E-state index contributed by atoms with van der Waals surface area (Å²) >= 11 is 5.50. The van der Waals surface area contributed by atoms with Crippen LogP contribution in [0.15, 0.2) is 40.2 Å². The molecule has 3 rings (SSSR count). The lowest BCUT2D eigenvalue weighted by Gasteiger charge is -2.14. The monoisotopic (exact) mass is 335 g/mol. The van der Waals surface area contributed by atoms with Gasteiger partial charge in [-0.2, -0.15) is 0 Å². The van der Waals surface area contributed by atoms with Crippen LogP contribution in [0.25, 0.3) is 0 Å². The third-order valence-electron chi connectivity index (χ3n) is 3.99. The predicted octanol–water partition coefficient (Wildman–Crippen LogP) is 4.88. The molecule has 0 spiro atoms. The van der Waals surface area contributed by atoms with Gasteiger partial charge in [0, 0.05) is 10.9 Å². The van der Waals surface area contributed by atoms with Crippen molar-refractivity contribution in [3.63, 3.8) is 0 Å². The smallest absolute Gasteiger partial charge is 0.0731 e. The van der Waals surface area contributed by atoms with Gasteiger partial charge in [0.25, 0.3) is 0 Å². The van der Waals surface area contributed by atoms with Crippen molar-refractivity contribution in [3.8, 4) is 0 Å². The summed E-state index contributed by atoms with van der Waals surface area (Å²) in [5.74, 6) is 1.46. The topological polar surface area (TPSA) is 12.0 Å². The third kappa shape index (κ3) is 2.64. The van der Waals surface area contributed by atoms with E-state index < -0.39 is 0 Å². The zero-order chi connectivity index (χ0) is 13.4. The van der Waals surface area contributed by atoms with E-state index in [1.165, 1.54) is 26.2 Å². The van der Waals surface area contributed by atoms with Crippen molar-refractivity contribution in [2.75, 3.05) is 7.05 Å². The van der Waals surface area contributed by atoms with Crippen LogP contribution in [0.2, 0.25) is 0 Å². The van der Waals surface area contributed by atoms with Crippen molar-refractivity contribution in [2.24, 2.45) is 5.92 Å². The van der Waals surface area contributed by atoms with Crippen LogP contribution in [0.3, 0.4) is 0 Å². The van der Waals surface area contributed by atoms with E-state index in [0.717, 1.165) is 11.8 Å². The molecule has 3 unspecified atom stereocenters. The van der Waals surface area contributed by atoms with Gasteiger partial charge in [-0.05, 0) is 65.4 Å². The molecule has 1 aromatic carbocycles. The summed E-state index contributed by atoms with van der Waals surface area (Å²) in [5.41, 5.74) is 2.83. The summed E-state index contributed by atoms with van der Waals surface area (Å²) in [4.78, 5) is 1.45. The number of hydrogen-bond donors (Lipinski definition) is 1. The van der Waals surface area contributed by atoms with Gasteiger partial charge in [-0.3, -0.25) is 0 Å². The second kappa shape index (κ2) is 5.39. The first-order valence-corrected chi connectivity index (χ1v) is 8.29. The number of nitrogens with one attached hydrogen (secondary N) is 1. The van der Waals surface area contributed by atoms with Gasteiger partial charge in [0.05, 0.1) is 3.79 Å². The Kier molecular flexibility index (Phi) is 3.79. The van der Waals surface area contributed by atoms with Gasteiger partial charge >= 0.3 is 0 Å². The molecule has 1 aromatic heterocycles. The van der Waals surface area contributed by atoms with Crippen molar-refractivity contribution in [2.45, 2.75) is 25.3 Å². The fourth-order valence-corrected chi connectivity index (χ4v) is 4.63. The molecule has 1 aliphatic carbocycles. The minimum Gasteiger partial charge on any atom is -0.312 e. The molecule has 1 nitrogen and oxygen atoms in total. The van der Waals surface area contributed by atoms with Gasteiger partial charge in [-0.25, -0.2) is 0 Å². The fourth-order valence-electron chi connectivity index (χ4n) is 2.87. The minimum atomic E-state index is 0.486. The summed E-state index contributed by atoms with van der Waals surface area (Å²) in [6.07, 6.45) is 1.30. The standard InChI is InChI=1S/C16H18BrNS/c1-10-8-14(19-16(10)17)15(18-2)13-9-12(13)11-6-4-3-5-7-11/h3-8,12-13,15,18H,9H2,1-2H3. The predicted molar refractivity (Wildman–Crippen MR) is 85.8 cm³/mol. The van der Waals surface area contributed by atoms with E-state index in [9.17, 15) is 0 Å². The van der Waals surface area contributed by atoms with Crippen LogP contribution in [0.5, 0.6) is 0 Å². The Morgan fingerprint density at radius 2 is 2.05 bits per heavy atom. The number of thiophene rings is 1. The number of rotatable bonds is 4. The van der Waals surface area contributed by atoms with Crippen molar-refractivity contribution in [1.29, 1.82) is 0 Å². The van der Waals surface area contributed by atoms with Crippen LogP contribution in [0.1, 0.15) is 34.4 Å². The van der Waals surface area contributed by atoms with E-state index in [-0.39, 0.29) is 0 Å². The molecule has 0 amide bonds. The maximum atomic E-state index is 3.63. The first kappa shape index (κ1) is 13.3. The number of benzene rings is 1. The molecular formula is C16H18BrNS. The normalized spacial score (nSPS) is 23.3. The third-order valence-corrected chi connectivity index (χ3v) is 6.21. The number of hydrogen-bond acceptors (Lipinski definition) is 2. The highest BCUT2D eigenvalue weighted by Gasteiger charge is 2.44. The molecule has 19 heavy (non-hydrogen) atoms. The second-order valence-electron chi connectivity index (χ2n) is 5.29. The first-order valence-electron chi connectivity index (χ1n) is 6.68. The molecule has 1 heterocycles. The van der Waals surface area contributed by atoms with Gasteiger partial charge in [0.1, 0.15) is 0 Å². The lowest BCUT2D eigenvalue weighted by molar-refractivity contribution is 0.526. The molecule has 3 heteroatoms. The molecule has 0 saturated heterocycles.